The van der Waals surface area contributed by atoms with Crippen molar-refractivity contribution in [2.75, 3.05) is 31.8 Å². The van der Waals surface area contributed by atoms with Crippen LogP contribution in [0, 0.1) is 0 Å². The number of nitrogens with one attached hydrogen (secondary N) is 2. The number of methoxy groups -OCH3 is 1. The highest BCUT2D eigenvalue weighted by Gasteiger charge is 2.65. The van der Waals surface area contributed by atoms with Gasteiger partial charge in [-0.3, -0.25) is 13.9 Å². The van der Waals surface area contributed by atoms with Crippen molar-refractivity contribution in [3.8, 4) is 5.75 Å². The Kier molecular flexibility index (Phi) is 7.78. The summed E-state index contributed by atoms with van der Waals surface area (Å²) in [4.78, 5) is 24.1. The summed E-state index contributed by atoms with van der Waals surface area (Å²) in [6.07, 6.45) is -3.11. The van der Waals surface area contributed by atoms with Gasteiger partial charge in [0.2, 0.25) is 5.95 Å². The lowest BCUT2D eigenvalue weighted by Crippen LogP contribution is -2.47. The second-order valence-corrected chi connectivity index (χ2v) is 10.6. The number of imidazole rings is 1. The molecule has 1 saturated heterocycles. The molecule has 0 amide bonds. The van der Waals surface area contributed by atoms with Crippen molar-refractivity contribution >= 4 is 36.6 Å². The van der Waals surface area contributed by atoms with Crippen LogP contribution in [0.2, 0.25) is 0 Å². The standard InChI is InChI=1S/C22H28F2N7O7P/c1-12(17(32)35-4)30-39(34,38-13-8-6-5-7-9-13)36-10-22(24)18(33)21(2,23)19(37-22)31-11-27-14-15(26-3)28-20(25)29-16(14)31/h5-9,11-12,18-19,33H,10H2,1-4H3,(H,30,34)(H3,25,26,28,29)/t12-,18+,19-,21-,22-,39?/m1/s1. The molecular formula is C22H28F2N7O7P. The lowest BCUT2D eigenvalue weighted by Gasteiger charge is -2.28. The summed E-state index contributed by atoms with van der Waals surface area (Å²) in [5, 5.41) is 15.8. The summed E-state index contributed by atoms with van der Waals surface area (Å²) >= 11 is 0. The Morgan fingerprint density at radius 2 is 2.03 bits per heavy atom. The molecule has 6 atom stereocenters. The minimum Gasteiger partial charge on any atom is -0.468 e. The van der Waals surface area contributed by atoms with E-state index in [4.69, 9.17) is 19.5 Å². The van der Waals surface area contributed by atoms with Crippen LogP contribution in [0.25, 0.3) is 11.2 Å². The largest absolute Gasteiger partial charge is 0.468 e. The predicted molar refractivity (Wildman–Crippen MR) is 134 cm³/mol. The average molecular weight is 571 g/mol. The molecular weight excluding hydrogens is 543 g/mol. The number of nitrogens with two attached hydrogens (primary N) is 1. The van der Waals surface area contributed by atoms with Crippen LogP contribution in [0.3, 0.4) is 0 Å². The third kappa shape index (κ3) is 5.51. The van der Waals surface area contributed by atoms with E-state index in [1.807, 2.05) is 0 Å². The van der Waals surface area contributed by atoms with Crippen LogP contribution < -0.4 is 20.7 Å². The van der Waals surface area contributed by atoms with Crippen LogP contribution in [0.15, 0.2) is 36.7 Å². The molecule has 5 N–H and O–H groups in total. The molecule has 17 heteroatoms. The molecule has 0 bridgehead atoms. The maximum Gasteiger partial charge on any atom is 0.459 e. The molecule has 1 aliphatic heterocycles. The normalized spacial score (nSPS) is 27.2. The van der Waals surface area contributed by atoms with E-state index < -0.39 is 50.2 Å². The summed E-state index contributed by atoms with van der Waals surface area (Å²) in [6.45, 7) is 0.964. The van der Waals surface area contributed by atoms with Gasteiger partial charge >= 0.3 is 13.7 Å². The smallest absolute Gasteiger partial charge is 0.459 e. The highest BCUT2D eigenvalue weighted by molar-refractivity contribution is 7.52. The first-order valence-corrected chi connectivity index (χ1v) is 13.1. The molecule has 1 aromatic carbocycles. The van der Waals surface area contributed by atoms with Crippen molar-refractivity contribution < 1.29 is 41.8 Å². The summed E-state index contributed by atoms with van der Waals surface area (Å²) in [6, 6.07) is 6.50. The van der Waals surface area contributed by atoms with Gasteiger partial charge in [-0.2, -0.15) is 15.1 Å². The number of alkyl halides is 2. The number of anilines is 2. The summed E-state index contributed by atoms with van der Waals surface area (Å²) in [5.41, 5.74) is 3.17. The Labute approximate surface area is 221 Å². The third-order valence-electron chi connectivity index (χ3n) is 5.97. The maximum atomic E-state index is 16.1. The molecule has 1 fully saturated rings. The SMILES string of the molecule is CNc1nc(N)nc2c1ncn2[C@@H]1O[C@](F)(COP(=O)(N[C@H](C)C(=O)OC)Oc2ccccc2)[C@@H](O)[C@@]1(C)F. The van der Waals surface area contributed by atoms with Gasteiger partial charge in [0.1, 0.15) is 18.4 Å². The number of aromatic nitrogens is 4. The molecule has 4 rings (SSSR count). The van der Waals surface area contributed by atoms with Crippen molar-refractivity contribution in [2.45, 2.75) is 43.7 Å². The number of nitrogens with zero attached hydrogens (tertiary/aromatic N) is 4. The first kappa shape index (κ1) is 28.6. The van der Waals surface area contributed by atoms with E-state index in [2.05, 4.69) is 30.1 Å². The number of hydrogen-bond acceptors (Lipinski definition) is 12. The Bertz CT molecular complexity index is 1400. The molecule has 1 unspecified atom stereocenters. The molecule has 3 heterocycles. The van der Waals surface area contributed by atoms with Gasteiger partial charge in [0.15, 0.2) is 35.0 Å². The number of ether oxygens (including phenoxy) is 2. The second kappa shape index (κ2) is 10.6. The van der Waals surface area contributed by atoms with Crippen molar-refractivity contribution in [1.82, 2.24) is 24.6 Å². The topological polar surface area (TPSA) is 185 Å². The Balaban J connectivity index is 1.62. The minimum absolute atomic E-state index is 0.00439. The monoisotopic (exact) mass is 571 g/mol. The number of fused-ring (bicyclic) bond motifs is 1. The summed E-state index contributed by atoms with van der Waals surface area (Å²) < 4.78 is 67.2. The number of carbonyl (C=O) groups is 1. The van der Waals surface area contributed by atoms with Gasteiger partial charge in [-0.15, -0.1) is 0 Å². The van der Waals surface area contributed by atoms with Gasteiger partial charge in [-0.25, -0.2) is 18.3 Å². The van der Waals surface area contributed by atoms with Crippen molar-refractivity contribution in [1.29, 1.82) is 0 Å². The fourth-order valence-electron chi connectivity index (χ4n) is 3.99. The Morgan fingerprint density at radius 1 is 1.33 bits per heavy atom. The van der Waals surface area contributed by atoms with Gasteiger partial charge in [0, 0.05) is 7.05 Å². The van der Waals surface area contributed by atoms with Crippen molar-refractivity contribution in [3.05, 3.63) is 36.7 Å². The summed E-state index contributed by atoms with van der Waals surface area (Å²) in [5.74, 6) is -3.93. The second-order valence-electron chi connectivity index (χ2n) is 8.86. The fourth-order valence-corrected chi connectivity index (χ4v) is 5.50. The van der Waals surface area contributed by atoms with E-state index in [1.54, 1.807) is 25.2 Å². The molecule has 14 nitrogen and oxygen atoms in total. The number of carbonyl (C=O) groups excluding carboxylic acids is 1. The molecule has 0 aliphatic carbocycles. The van der Waals surface area contributed by atoms with E-state index >= 15 is 8.78 Å². The quantitative estimate of drug-likeness (QED) is 0.205. The maximum absolute atomic E-state index is 16.1. The first-order valence-electron chi connectivity index (χ1n) is 11.6. The van der Waals surface area contributed by atoms with Gasteiger partial charge in [0.25, 0.3) is 5.85 Å². The zero-order valence-corrected chi connectivity index (χ0v) is 22.3. The van der Waals surface area contributed by atoms with Crippen LogP contribution in [0.4, 0.5) is 20.5 Å². The van der Waals surface area contributed by atoms with Crippen LogP contribution >= 0.6 is 7.75 Å². The van der Waals surface area contributed by atoms with Gasteiger partial charge in [-0.1, -0.05) is 18.2 Å². The lowest BCUT2D eigenvalue weighted by atomic mass is 9.97. The van der Waals surface area contributed by atoms with Crippen molar-refractivity contribution in [2.24, 2.45) is 0 Å². The number of halogens is 2. The molecule has 0 saturated carbocycles. The van der Waals surface area contributed by atoms with E-state index in [9.17, 15) is 14.5 Å². The molecule has 0 spiro atoms. The highest BCUT2D eigenvalue weighted by Crippen LogP contribution is 2.52. The van der Waals surface area contributed by atoms with E-state index in [0.29, 0.717) is 0 Å². The fraction of sp³-hybridized carbons (Fsp3) is 0.455. The molecule has 1 aliphatic rings. The predicted octanol–water partition coefficient (Wildman–Crippen LogP) is 2.09. The number of rotatable bonds is 10. The zero-order valence-electron chi connectivity index (χ0n) is 21.4. The van der Waals surface area contributed by atoms with E-state index in [-0.39, 0.29) is 28.7 Å². The number of hydrogen-bond donors (Lipinski definition) is 4. The molecule has 0 radical (unpaired) electrons. The number of aliphatic hydroxyl groups is 1. The lowest BCUT2D eigenvalue weighted by molar-refractivity contribution is -0.202. The van der Waals surface area contributed by atoms with Gasteiger partial charge < -0.3 is 30.2 Å². The summed E-state index contributed by atoms with van der Waals surface area (Å²) in [7, 11) is -1.86. The van der Waals surface area contributed by atoms with Crippen LogP contribution in [-0.2, 0) is 23.4 Å². The molecule has 212 valence electrons. The number of benzene rings is 1. The van der Waals surface area contributed by atoms with Gasteiger partial charge in [0.05, 0.1) is 13.4 Å². The zero-order chi connectivity index (χ0) is 28.6. The van der Waals surface area contributed by atoms with Crippen LogP contribution in [0.5, 0.6) is 5.75 Å². The van der Waals surface area contributed by atoms with Crippen LogP contribution in [-0.4, -0.2) is 75.0 Å². The number of para-hydroxylation sites is 1. The Hall–Kier alpha value is -3.43. The highest BCUT2D eigenvalue weighted by atomic mass is 31.2. The third-order valence-corrected chi connectivity index (χ3v) is 7.59. The van der Waals surface area contributed by atoms with Crippen molar-refractivity contribution in [3.63, 3.8) is 0 Å². The minimum atomic E-state index is -4.53. The van der Waals surface area contributed by atoms with Crippen LogP contribution in [0.1, 0.15) is 20.1 Å². The average Bonchev–Trinajstić information content (AvgIpc) is 3.39. The number of aliphatic hydroxyl groups excluding tert-OH is 1. The molecule has 2 aromatic heterocycles. The number of esters is 1. The van der Waals surface area contributed by atoms with Gasteiger partial charge in [-0.05, 0) is 26.0 Å². The molecule has 3 aromatic rings. The van der Waals surface area contributed by atoms with E-state index in [0.717, 1.165) is 24.9 Å². The Morgan fingerprint density at radius 3 is 2.67 bits per heavy atom. The first-order chi connectivity index (χ1) is 18.3. The molecule has 39 heavy (non-hydrogen) atoms. The number of nitrogen functional groups attached to an aromatic ring is 1. The van der Waals surface area contributed by atoms with E-state index in [1.165, 1.54) is 19.1 Å².